The molecule has 1 aliphatic carbocycles. The number of carbonyl (C=O) groups excluding carboxylic acids is 1. The lowest BCUT2D eigenvalue weighted by atomic mass is 10.1. The molecule has 2 N–H and O–H groups in total. The number of fused-ring (bicyclic) bond motifs is 1. The molecule has 1 aliphatic rings. The second kappa shape index (κ2) is 8.24. The lowest BCUT2D eigenvalue weighted by Crippen LogP contribution is -2.43. The molecule has 6 nitrogen and oxygen atoms in total. The third-order valence-corrected chi connectivity index (χ3v) is 6.10. The van der Waals surface area contributed by atoms with E-state index in [1.54, 1.807) is 24.3 Å². The van der Waals surface area contributed by atoms with Gasteiger partial charge in [-0.1, -0.05) is 17.4 Å². The minimum absolute atomic E-state index is 0.0464. The predicted octanol–water partition coefficient (Wildman–Crippen LogP) is 4.22. The van der Waals surface area contributed by atoms with E-state index in [4.69, 9.17) is 9.47 Å². The summed E-state index contributed by atoms with van der Waals surface area (Å²) in [6.07, 6.45) is 2.77. The number of hydrogen-bond donors (Lipinski definition) is 2. The Morgan fingerprint density at radius 3 is 2.59 bits per heavy atom. The molecule has 0 saturated heterocycles. The quantitative estimate of drug-likeness (QED) is 0.631. The van der Waals surface area contributed by atoms with Gasteiger partial charge < -0.3 is 20.1 Å². The molecule has 1 fully saturated rings. The second-order valence-electron chi connectivity index (χ2n) is 6.93. The minimum atomic E-state index is -0.274. The number of halogens is 1. The zero-order valence-corrected chi connectivity index (χ0v) is 17.0. The highest BCUT2D eigenvalue weighted by Crippen LogP contribution is 2.32. The predicted molar refractivity (Wildman–Crippen MR) is 112 cm³/mol. The first-order valence-electron chi connectivity index (χ1n) is 9.43. The molecule has 152 valence electrons. The zero-order valence-electron chi connectivity index (χ0n) is 16.2. The summed E-state index contributed by atoms with van der Waals surface area (Å²) < 4.78 is 24.9. The molecule has 29 heavy (non-hydrogen) atoms. The average Bonchev–Trinajstić information content (AvgIpc) is 3.33. The average molecular weight is 415 g/mol. The summed E-state index contributed by atoms with van der Waals surface area (Å²) in [5, 5.41) is 7.26. The van der Waals surface area contributed by atoms with Crippen LogP contribution in [0.15, 0.2) is 36.4 Å². The molecule has 0 spiro atoms. The zero-order chi connectivity index (χ0) is 20.4. The molecule has 4 rings (SSSR count). The van der Waals surface area contributed by atoms with E-state index in [0.29, 0.717) is 17.1 Å². The van der Waals surface area contributed by atoms with Crippen molar-refractivity contribution in [2.45, 2.75) is 31.3 Å². The van der Waals surface area contributed by atoms with E-state index in [1.165, 1.54) is 37.7 Å². The number of rotatable bonds is 6. The number of aromatic nitrogens is 1. The molecule has 1 aromatic heterocycles. The van der Waals surface area contributed by atoms with Gasteiger partial charge in [0.2, 0.25) is 0 Å². The van der Waals surface area contributed by atoms with Crippen LogP contribution < -0.4 is 20.1 Å². The van der Waals surface area contributed by atoms with Gasteiger partial charge in [-0.25, -0.2) is 9.37 Å². The van der Waals surface area contributed by atoms with Gasteiger partial charge in [-0.05, 0) is 49.6 Å². The number of thiazole rings is 1. The van der Waals surface area contributed by atoms with Gasteiger partial charge in [0.1, 0.15) is 22.9 Å². The van der Waals surface area contributed by atoms with Crippen molar-refractivity contribution in [3.63, 3.8) is 0 Å². The van der Waals surface area contributed by atoms with E-state index < -0.39 is 0 Å². The fourth-order valence-electron chi connectivity index (χ4n) is 3.74. The van der Waals surface area contributed by atoms with Crippen LogP contribution in [0, 0.1) is 5.82 Å². The Morgan fingerprint density at radius 2 is 1.86 bits per heavy atom. The van der Waals surface area contributed by atoms with E-state index in [2.05, 4.69) is 15.6 Å². The van der Waals surface area contributed by atoms with E-state index in [9.17, 15) is 9.18 Å². The fourth-order valence-corrected chi connectivity index (χ4v) is 4.69. The van der Waals surface area contributed by atoms with Gasteiger partial charge in [-0.3, -0.25) is 4.79 Å². The summed E-state index contributed by atoms with van der Waals surface area (Å²) >= 11 is 1.41. The molecular weight excluding hydrogens is 393 g/mol. The Hall–Kier alpha value is -2.87. The van der Waals surface area contributed by atoms with Gasteiger partial charge in [0.05, 0.1) is 24.4 Å². The highest BCUT2D eigenvalue weighted by atomic mass is 32.1. The molecule has 2 aromatic carbocycles. The van der Waals surface area contributed by atoms with Crippen LogP contribution in [0.25, 0.3) is 10.2 Å². The molecular formula is C21H22FN3O3S. The molecule has 8 heteroatoms. The SMILES string of the molecule is COc1cccc(OC)c1C(=O)N[C@H]1CCC[C@H]1Nc1nc2ccc(F)cc2s1. The fraction of sp³-hybridized carbons (Fsp3) is 0.333. The molecule has 2 atom stereocenters. The Labute approximate surface area is 172 Å². The maximum absolute atomic E-state index is 13.4. The summed E-state index contributed by atoms with van der Waals surface area (Å²) in [5.41, 5.74) is 1.15. The van der Waals surface area contributed by atoms with Gasteiger partial charge in [0.25, 0.3) is 5.91 Å². The maximum Gasteiger partial charge on any atom is 0.259 e. The Balaban J connectivity index is 1.51. The second-order valence-corrected chi connectivity index (χ2v) is 7.96. The van der Waals surface area contributed by atoms with E-state index in [1.807, 2.05) is 0 Å². The molecule has 0 bridgehead atoms. The van der Waals surface area contributed by atoms with E-state index in [0.717, 1.165) is 34.6 Å². The molecule has 0 unspecified atom stereocenters. The Bertz CT molecular complexity index is 1020. The number of benzene rings is 2. The number of amides is 1. The number of hydrogen-bond acceptors (Lipinski definition) is 6. The number of carbonyl (C=O) groups is 1. The van der Waals surface area contributed by atoms with Crippen molar-refractivity contribution in [3.05, 3.63) is 47.8 Å². The van der Waals surface area contributed by atoms with Crippen LogP contribution in [-0.4, -0.2) is 37.2 Å². The van der Waals surface area contributed by atoms with Gasteiger partial charge in [0.15, 0.2) is 5.13 Å². The first-order valence-corrected chi connectivity index (χ1v) is 10.2. The van der Waals surface area contributed by atoms with Crippen molar-refractivity contribution in [1.29, 1.82) is 0 Å². The summed E-state index contributed by atoms with van der Waals surface area (Å²) in [7, 11) is 3.06. The summed E-state index contributed by atoms with van der Waals surface area (Å²) in [6, 6.07) is 9.82. The van der Waals surface area contributed by atoms with Gasteiger partial charge in [-0.2, -0.15) is 0 Å². The number of methoxy groups -OCH3 is 2. The number of nitrogens with zero attached hydrogens (tertiary/aromatic N) is 1. The monoisotopic (exact) mass is 415 g/mol. The maximum atomic E-state index is 13.4. The lowest BCUT2D eigenvalue weighted by molar-refractivity contribution is 0.0929. The summed E-state index contributed by atoms with van der Waals surface area (Å²) in [6.45, 7) is 0. The van der Waals surface area contributed by atoms with Crippen LogP contribution in [0.5, 0.6) is 11.5 Å². The first kappa shape index (κ1) is 19.4. The van der Waals surface area contributed by atoms with Crippen LogP contribution in [-0.2, 0) is 0 Å². The smallest absolute Gasteiger partial charge is 0.259 e. The number of ether oxygens (including phenoxy) is 2. The van der Waals surface area contributed by atoms with E-state index in [-0.39, 0.29) is 23.8 Å². The number of nitrogens with one attached hydrogen (secondary N) is 2. The third kappa shape index (κ3) is 3.98. The minimum Gasteiger partial charge on any atom is -0.496 e. The van der Waals surface area contributed by atoms with Crippen molar-refractivity contribution in [3.8, 4) is 11.5 Å². The van der Waals surface area contributed by atoms with Crippen molar-refractivity contribution in [2.75, 3.05) is 19.5 Å². The highest BCUT2D eigenvalue weighted by molar-refractivity contribution is 7.22. The van der Waals surface area contributed by atoms with Crippen LogP contribution in [0.2, 0.25) is 0 Å². The van der Waals surface area contributed by atoms with Crippen molar-refractivity contribution in [1.82, 2.24) is 10.3 Å². The van der Waals surface area contributed by atoms with Crippen LogP contribution in [0.4, 0.5) is 9.52 Å². The topological polar surface area (TPSA) is 72.5 Å². The molecule has 1 heterocycles. The number of anilines is 1. The largest absolute Gasteiger partial charge is 0.496 e. The van der Waals surface area contributed by atoms with Crippen LogP contribution in [0.3, 0.4) is 0 Å². The molecule has 1 saturated carbocycles. The standard InChI is InChI=1S/C21H22FN3O3S/c1-27-16-7-4-8-17(28-2)19(16)20(26)23-13-5-3-6-14(13)24-21-25-15-10-9-12(22)11-18(15)29-21/h4,7-11,13-14H,3,5-6H2,1-2H3,(H,23,26)(H,24,25)/t13-,14+/m0/s1. The third-order valence-electron chi connectivity index (χ3n) is 5.15. The summed E-state index contributed by atoms with van der Waals surface area (Å²) in [4.78, 5) is 17.5. The van der Waals surface area contributed by atoms with Gasteiger partial charge in [0, 0.05) is 12.1 Å². The van der Waals surface area contributed by atoms with Crippen molar-refractivity contribution in [2.24, 2.45) is 0 Å². The lowest BCUT2D eigenvalue weighted by Gasteiger charge is -2.23. The Morgan fingerprint density at radius 1 is 1.14 bits per heavy atom. The molecule has 3 aromatic rings. The molecule has 0 aliphatic heterocycles. The normalized spacial score (nSPS) is 18.6. The Kier molecular flexibility index (Phi) is 5.53. The van der Waals surface area contributed by atoms with Crippen LogP contribution >= 0.6 is 11.3 Å². The first-order chi connectivity index (χ1) is 14.1. The summed E-state index contributed by atoms with van der Waals surface area (Å²) in [5.74, 6) is 0.434. The van der Waals surface area contributed by atoms with Crippen molar-refractivity contribution < 1.29 is 18.7 Å². The van der Waals surface area contributed by atoms with Gasteiger partial charge >= 0.3 is 0 Å². The van der Waals surface area contributed by atoms with Gasteiger partial charge in [-0.15, -0.1) is 0 Å². The molecule has 1 amide bonds. The highest BCUT2D eigenvalue weighted by Gasteiger charge is 2.31. The molecule has 0 radical (unpaired) electrons. The van der Waals surface area contributed by atoms with Crippen LogP contribution in [0.1, 0.15) is 29.6 Å². The van der Waals surface area contributed by atoms with E-state index >= 15 is 0 Å². The van der Waals surface area contributed by atoms with Crippen molar-refractivity contribution >= 4 is 32.6 Å².